The first-order chi connectivity index (χ1) is 7.90. The van der Waals surface area contributed by atoms with Crippen molar-refractivity contribution < 1.29 is 5.11 Å². The Morgan fingerprint density at radius 3 is 3.06 bits per heavy atom. The number of aromatic amines is 1. The van der Waals surface area contributed by atoms with Crippen molar-refractivity contribution in [2.75, 3.05) is 19.7 Å². The van der Waals surface area contributed by atoms with Crippen molar-refractivity contribution in [3.05, 3.63) is 35.5 Å². The molecule has 1 aliphatic heterocycles. The van der Waals surface area contributed by atoms with Crippen molar-refractivity contribution in [2.24, 2.45) is 0 Å². The van der Waals surface area contributed by atoms with Crippen molar-refractivity contribution in [2.45, 2.75) is 12.3 Å². The van der Waals surface area contributed by atoms with Crippen LogP contribution in [0.5, 0.6) is 0 Å². The third kappa shape index (κ3) is 1.44. The van der Waals surface area contributed by atoms with E-state index in [9.17, 15) is 5.11 Å². The third-order valence-corrected chi connectivity index (χ3v) is 3.42. The molecule has 3 N–H and O–H groups in total. The molecule has 3 rings (SSSR count). The first-order valence-corrected chi connectivity index (χ1v) is 5.81. The van der Waals surface area contributed by atoms with Crippen LogP contribution in [0.2, 0.25) is 0 Å². The van der Waals surface area contributed by atoms with Gasteiger partial charge in [-0.1, -0.05) is 18.2 Å². The molecule has 0 bridgehead atoms. The van der Waals surface area contributed by atoms with Crippen LogP contribution < -0.4 is 5.32 Å². The molecular formula is C13H16N2O. The van der Waals surface area contributed by atoms with Gasteiger partial charge in [-0.25, -0.2) is 0 Å². The number of aromatic nitrogens is 1. The largest absolute Gasteiger partial charge is 0.396 e. The van der Waals surface area contributed by atoms with Crippen LogP contribution in [0.3, 0.4) is 0 Å². The number of aliphatic hydroxyl groups is 1. The summed E-state index contributed by atoms with van der Waals surface area (Å²) in [6.45, 7) is 2.05. The van der Waals surface area contributed by atoms with E-state index in [0.29, 0.717) is 0 Å². The predicted octanol–water partition coefficient (Wildman–Crippen LogP) is 1.39. The van der Waals surface area contributed by atoms with Gasteiger partial charge in [0.15, 0.2) is 0 Å². The van der Waals surface area contributed by atoms with Crippen LogP contribution in [0.15, 0.2) is 24.3 Å². The zero-order valence-electron chi connectivity index (χ0n) is 9.16. The highest BCUT2D eigenvalue weighted by atomic mass is 16.3. The van der Waals surface area contributed by atoms with E-state index < -0.39 is 0 Å². The van der Waals surface area contributed by atoms with Gasteiger partial charge >= 0.3 is 0 Å². The van der Waals surface area contributed by atoms with Gasteiger partial charge in [0, 0.05) is 29.1 Å². The monoisotopic (exact) mass is 216 g/mol. The molecule has 1 aromatic carbocycles. The van der Waals surface area contributed by atoms with Gasteiger partial charge in [-0.15, -0.1) is 0 Å². The van der Waals surface area contributed by atoms with Crippen LogP contribution in [0.25, 0.3) is 10.9 Å². The Morgan fingerprint density at radius 2 is 2.19 bits per heavy atom. The van der Waals surface area contributed by atoms with Crippen molar-refractivity contribution in [1.82, 2.24) is 10.3 Å². The number of para-hydroxylation sites is 1. The van der Waals surface area contributed by atoms with E-state index in [1.807, 2.05) is 6.07 Å². The minimum absolute atomic E-state index is 0.199. The minimum Gasteiger partial charge on any atom is -0.396 e. The molecule has 16 heavy (non-hydrogen) atoms. The Morgan fingerprint density at radius 1 is 1.31 bits per heavy atom. The lowest BCUT2D eigenvalue weighted by molar-refractivity contribution is 0.261. The number of benzene rings is 1. The number of nitrogens with one attached hydrogen (secondary N) is 2. The molecule has 0 amide bonds. The molecule has 1 unspecified atom stereocenters. The van der Waals surface area contributed by atoms with Crippen molar-refractivity contribution in [3.8, 4) is 0 Å². The average molecular weight is 216 g/mol. The van der Waals surface area contributed by atoms with Crippen LogP contribution in [0.4, 0.5) is 0 Å². The fourth-order valence-corrected chi connectivity index (χ4v) is 2.59. The summed E-state index contributed by atoms with van der Waals surface area (Å²) >= 11 is 0. The Balaban J connectivity index is 2.21. The molecular weight excluding hydrogens is 200 g/mol. The van der Waals surface area contributed by atoms with Gasteiger partial charge in [0.25, 0.3) is 0 Å². The van der Waals surface area contributed by atoms with Gasteiger partial charge in [0.1, 0.15) is 0 Å². The quantitative estimate of drug-likeness (QED) is 0.674. The molecule has 0 saturated carbocycles. The third-order valence-electron chi connectivity index (χ3n) is 3.42. The Labute approximate surface area is 94.5 Å². The summed E-state index contributed by atoms with van der Waals surface area (Å²) in [4.78, 5) is 3.46. The topological polar surface area (TPSA) is 48.0 Å². The number of fused-ring (bicyclic) bond motifs is 3. The summed E-state index contributed by atoms with van der Waals surface area (Å²) in [5.41, 5.74) is 3.78. The van der Waals surface area contributed by atoms with Gasteiger partial charge in [0.2, 0.25) is 0 Å². The van der Waals surface area contributed by atoms with Gasteiger partial charge in [-0.2, -0.15) is 0 Å². The molecule has 3 nitrogen and oxygen atoms in total. The van der Waals surface area contributed by atoms with E-state index >= 15 is 0 Å². The van der Waals surface area contributed by atoms with Crippen LogP contribution in [0.1, 0.15) is 17.2 Å². The van der Waals surface area contributed by atoms with Crippen LogP contribution in [0, 0.1) is 0 Å². The molecule has 1 atom stereocenters. The molecule has 0 saturated heterocycles. The Bertz CT molecular complexity index is 504. The normalized spacial score (nSPS) is 20.7. The van der Waals surface area contributed by atoms with E-state index in [4.69, 9.17) is 0 Å². The van der Waals surface area contributed by atoms with Crippen LogP contribution in [-0.2, 0) is 6.42 Å². The average Bonchev–Trinajstić information content (AvgIpc) is 2.56. The van der Waals surface area contributed by atoms with E-state index in [0.717, 1.165) is 19.5 Å². The smallest absolute Gasteiger partial charge is 0.0526 e. The Hall–Kier alpha value is -1.32. The van der Waals surface area contributed by atoms with Crippen molar-refractivity contribution in [3.63, 3.8) is 0 Å². The van der Waals surface area contributed by atoms with E-state index in [1.165, 1.54) is 22.2 Å². The minimum atomic E-state index is 0.199. The highest BCUT2D eigenvalue weighted by Crippen LogP contribution is 2.29. The van der Waals surface area contributed by atoms with E-state index in [2.05, 4.69) is 28.5 Å². The number of hydrogen-bond donors (Lipinski definition) is 3. The molecule has 0 fully saturated rings. The number of aliphatic hydroxyl groups excluding tert-OH is 1. The highest BCUT2D eigenvalue weighted by molar-refractivity contribution is 5.85. The molecule has 0 spiro atoms. The lowest BCUT2D eigenvalue weighted by Crippen LogP contribution is -2.22. The number of hydrogen-bond acceptors (Lipinski definition) is 2. The Kier molecular flexibility index (Phi) is 2.42. The van der Waals surface area contributed by atoms with Crippen molar-refractivity contribution >= 4 is 10.9 Å². The summed E-state index contributed by atoms with van der Waals surface area (Å²) in [5, 5.41) is 14.1. The summed E-state index contributed by atoms with van der Waals surface area (Å²) in [7, 11) is 0. The zero-order valence-corrected chi connectivity index (χ0v) is 9.16. The lowest BCUT2D eigenvalue weighted by Gasteiger charge is -2.10. The summed E-state index contributed by atoms with van der Waals surface area (Å²) in [5.74, 6) is 0.199. The molecule has 0 aliphatic carbocycles. The first kappa shape index (κ1) is 9.87. The second-order valence-corrected chi connectivity index (χ2v) is 4.40. The summed E-state index contributed by atoms with van der Waals surface area (Å²) < 4.78 is 0. The number of H-pyrrole nitrogens is 1. The fraction of sp³-hybridized carbons (Fsp3) is 0.385. The highest BCUT2D eigenvalue weighted by Gasteiger charge is 2.21. The fourth-order valence-electron chi connectivity index (χ4n) is 2.59. The maximum absolute atomic E-state index is 9.43. The van der Waals surface area contributed by atoms with Crippen LogP contribution >= 0.6 is 0 Å². The van der Waals surface area contributed by atoms with E-state index in [-0.39, 0.29) is 12.5 Å². The molecule has 1 aromatic heterocycles. The second-order valence-electron chi connectivity index (χ2n) is 4.40. The predicted molar refractivity (Wildman–Crippen MR) is 64.7 cm³/mol. The van der Waals surface area contributed by atoms with Crippen molar-refractivity contribution in [1.29, 1.82) is 0 Å². The lowest BCUT2D eigenvalue weighted by atomic mass is 10.0. The molecule has 1 aliphatic rings. The zero-order chi connectivity index (χ0) is 11.0. The standard InChI is InChI=1S/C13H16N2O/c16-8-9-7-14-6-5-11-10-3-1-2-4-12(10)15-13(9)11/h1-4,9,14-16H,5-8H2. The molecule has 2 heterocycles. The number of rotatable bonds is 1. The summed E-state index contributed by atoms with van der Waals surface area (Å²) in [6.07, 6.45) is 1.04. The maximum atomic E-state index is 9.43. The van der Waals surface area contributed by atoms with Gasteiger partial charge in [-0.05, 0) is 24.6 Å². The molecule has 0 radical (unpaired) electrons. The first-order valence-electron chi connectivity index (χ1n) is 5.81. The molecule has 84 valence electrons. The maximum Gasteiger partial charge on any atom is 0.0526 e. The molecule has 3 heteroatoms. The van der Waals surface area contributed by atoms with Gasteiger partial charge in [-0.3, -0.25) is 0 Å². The SMILES string of the molecule is OCC1CNCCc2c1[nH]c1ccccc21. The second kappa shape index (κ2) is 3.92. The summed E-state index contributed by atoms with van der Waals surface area (Å²) in [6, 6.07) is 8.38. The van der Waals surface area contributed by atoms with Gasteiger partial charge < -0.3 is 15.4 Å². The molecule has 2 aromatic rings. The van der Waals surface area contributed by atoms with E-state index in [1.54, 1.807) is 0 Å². The van der Waals surface area contributed by atoms with Gasteiger partial charge in [0.05, 0.1) is 6.61 Å². The van der Waals surface area contributed by atoms with Crippen LogP contribution in [-0.4, -0.2) is 29.8 Å².